The van der Waals surface area contributed by atoms with E-state index >= 15 is 0 Å². The summed E-state index contributed by atoms with van der Waals surface area (Å²) >= 11 is 0. The summed E-state index contributed by atoms with van der Waals surface area (Å²) in [5, 5.41) is 0. The summed E-state index contributed by atoms with van der Waals surface area (Å²) in [4.78, 5) is 0. The van der Waals surface area contributed by atoms with Crippen LogP contribution in [0.2, 0.25) is 0 Å². The second kappa shape index (κ2) is 4.76. The smallest absolute Gasteiger partial charge is 0.0272 e. The van der Waals surface area contributed by atoms with Crippen LogP contribution < -0.4 is 0 Å². The fourth-order valence-corrected chi connectivity index (χ4v) is 1.27. The molecule has 0 rings (SSSR count). The van der Waals surface area contributed by atoms with Gasteiger partial charge in [-0.15, -0.1) is 0 Å². The Kier molecular flexibility index (Phi) is 4.76. The first kappa shape index (κ1) is 10.0. The van der Waals surface area contributed by atoms with E-state index < -0.39 is 0 Å². The summed E-state index contributed by atoms with van der Waals surface area (Å²) in [6.45, 7) is 11.4. The average molecular weight is 141 g/mol. The van der Waals surface area contributed by atoms with Gasteiger partial charge in [0.25, 0.3) is 0 Å². The third kappa shape index (κ3) is 3.24. The van der Waals surface area contributed by atoms with Crippen LogP contribution in [-0.4, -0.2) is 0 Å². The van der Waals surface area contributed by atoms with Crippen LogP contribution in [0.1, 0.15) is 47.5 Å². The first-order chi connectivity index (χ1) is 4.59. The predicted octanol–water partition coefficient (Wildman–Crippen LogP) is 3.67. The molecular weight excluding hydrogens is 120 g/mol. The highest BCUT2D eigenvalue weighted by Crippen LogP contribution is 2.24. The number of hydrogen-bond donors (Lipinski definition) is 0. The summed E-state index contributed by atoms with van der Waals surface area (Å²) in [5.74, 6) is 3.25. The fraction of sp³-hybridized carbons (Fsp3) is 0.900. The summed E-state index contributed by atoms with van der Waals surface area (Å²) in [6.07, 6.45) is 2.69. The van der Waals surface area contributed by atoms with Crippen molar-refractivity contribution in [1.29, 1.82) is 0 Å². The molecule has 0 spiro atoms. The largest absolute Gasteiger partial charge is 0.0654 e. The van der Waals surface area contributed by atoms with E-state index in [1.807, 2.05) is 0 Å². The highest BCUT2D eigenvalue weighted by molar-refractivity contribution is 4.86. The predicted molar refractivity (Wildman–Crippen MR) is 47.8 cm³/mol. The molecule has 0 aromatic rings. The van der Waals surface area contributed by atoms with E-state index in [-0.39, 0.29) is 0 Å². The molecule has 0 heterocycles. The Morgan fingerprint density at radius 1 is 1.20 bits per heavy atom. The van der Waals surface area contributed by atoms with Gasteiger partial charge in [0.15, 0.2) is 0 Å². The van der Waals surface area contributed by atoms with Crippen LogP contribution in [0, 0.1) is 17.8 Å². The van der Waals surface area contributed by atoms with E-state index in [1.165, 1.54) is 12.8 Å². The molecule has 1 radical (unpaired) electrons. The van der Waals surface area contributed by atoms with Gasteiger partial charge in [0.1, 0.15) is 0 Å². The minimum atomic E-state index is 0.806. The Labute approximate surface area is 66.0 Å². The SMILES string of the molecule is CCCC(C)C(C)[C](C)C. The maximum atomic E-state index is 2.35. The van der Waals surface area contributed by atoms with Gasteiger partial charge in [0.2, 0.25) is 0 Å². The molecule has 0 aromatic heterocycles. The second-order valence-electron chi connectivity index (χ2n) is 3.63. The van der Waals surface area contributed by atoms with Crippen molar-refractivity contribution in [3.8, 4) is 0 Å². The molecule has 0 aliphatic rings. The van der Waals surface area contributed by atoms with E-state index in [1.54, 1.807) is 5.92 Å². The van der Waals surface area contributed by atoms with E-state index in [4.69, 9.17) is 0 Å². The van der Waals surface area contributed by atoms with Gasteiger partial charge < -0.3 is 0 Å². The molecule has 0 aliphatic heterocycles. The minimum Gasteiger partial charge on any atom is -0.0654 e. The van der Waals surface area contributed by atoms with Crippen LogP contribution in [0.15, 0.2) is 0 Å². The van der Waals surface area contributed by atoms with E-state index in [2.05, 4.69) is 34.6 Å². The lowest BCUT2D eigenvalue weighted by molar-refractivity contribution is 0.375. The van der Waals surface area contributed by atoms with Gasteiger partial charge in [-0.25, -0.2) is 0 Å². The Balaban J connectivity index is 3.58. The van der Waals surface area contributed by atoms with Crippen molar-refractivity contribution >= 4 is 0 Å². The molecule has 0 heteroatoms. The fourth-order valence-electron chi connectivity index (χ4n) is 1.27. The zero-order valence-electron chi connectivity index (χ0n) is 8.07. The average Bonchev–Trinajstić information content (AvgIpc) is 1.87. The molecule has 0 N–H and O–H groups in total. The Hall–Kier alpha value is 0. The van der Waals surface area contributed by atoms with Gasteiger partial charge in [-0.1, -0.05) is 47.5 Å². The second-order valence-corrected chi connectivity index (χ2v) is 3.63. The van der Waals surface area contributed by atoms with Crippen molar-refractivity contribution in [2.75, 3.05) is 0 Å². The molecule has 10 heavy (non-hydrogen) atoms. The Morgan fingerprint density at radius 3 is 2.00 bits per heavy atom. The summed E-state index contributed by atoms with van der Waals surface area (Å²) in [7, 11) is 0. The van der Waals surface area contributed by atoms with Crippen molar-refractivity contribution in [3.63, 3.8) is 0 Å². The molecule has 2 unspecified atom stereocenters. The summed E-state index contributed by atoms with van der Waals surface area (Å²) in [5.41, 5.74) is 0. The molecule has 0 saturated heterocycles. The van der Waals surface area contributed by atoms with Crippen LogP contribution in [-0.2, 0) is 0 Å². The zero-order chi connectivity index (χ0) is 8.15. The molecule has 0 aromatic carbocycles. The van der Waals surface area contributed by atoms with Crippen LogP contribution >= 0.6 is 0 Å². The van der Waals surface area contributed by atoms with Crippen molar-refractivity contribution in [2.24, 2.45) is 11.8 Å². The van der Waals surface area contributed by atoms with E-state index in [9.17, 15) is 0 Å². The number of rotatable bonds is 4. The van der Waals surface area contributed by atoms with Crippen molar-refractivity contribution < 1.29 is 0 Å². The molecule has 0 fully saturated rings. The third-order valence-electron chi connectivity index (χ3n) is 2.51. The lowest BCUT2D eigenvalue weighted by Gasteiger charge is -2.22. The Morgan fingerprint density at radius 2 is 1.70 bits per heavy atom. The quantitative estimate of drug-likeness (QED) is 0.560. The number of hydrogen-bond acceptors (Lipinski definition) is 0. The third-order valence-corrected chi connectivity index (χ3v) is 2.51. The van der Waals surface area contributed by atoms with Crippen LogP contribution in [0.5, 0.6) is 0 Å². The molecule has 0 nitrogen and oxygen atoms in total. The highest BCUT2D eigenvalue weighted by atomic mass is 14.2. The van der Waals surface area contributed by atoms with Gasteiger partial charge in [0, 0.05) is 0 Å². The molecule has 2 atom stereocenters. The first-order valence-electron chi connectivity index (χ1n) is 4.39. The van der Waals surface area contributed by atoms with Crippen molar-refractivity contribution in [2.45, 2.75) is 47.5 Å². The Bertz CT molecular complexity index is 74.1. The molecule has 0 saturated carbocycles. The van der Waals surface area contributed by atoms with Gasteiger partial charge in [0.05, 0.1) is 0 Å². The zero-order valence-corrected chi connectivity index (χ0v) is 8.07. The van der Waals surface area contributed by atoms with Crippen LogP contribution in [0.25, 0.3) is 0 Å². The minimum absolute atomic E-state index is 0.806. The standard InChI is InChI=1S/C10H21/c1-6-7-9(4)10(5)8(2)3/h9-10H,6-7H2,1-5H3. The maximum absolute atomic E-state index is 2.35. The molecule has 61 valence electrons. The molecule has 0 amide bonds. The normalized spacial score (nSPS) is 17.4. The highest BCUT2D eigenvalue weighted by Gasteiger charge is 2.14. The van der Waals surface area contributed by atoms with Gasteiger partial charge in [-0.2, -0.15) is 0 Å². The first-order valence-corrected chi connectivity index (χ1v) is 4.39. The topological polar surface area (TPSA) is 0 Å². The van der Waals surface area contributed by atoms with Crippen LogP contribution in [0.3, 0.4) is 0 Å². The summed E-state index contributed by atoms with van der Waals surface area (Å²) in [6, 6.07) is 0. The van der Waals surface area contributed by atoms with E-state index in [0.717, 1.165) is 11.8 Å². The van der Waals surface area contributed by atoms with Crippen molar-refractivity contribution in [1.82, 2.24) is 0 Å². The monoisotopic (exact) mass is 141 g/mol. The van der Waals surface area contributed by atoms with Crippen molar-refractivity contribution in [3.05, 3.63) is 5.92 Å². The van der Waals surface area contributed by atoms with E-state index in [0.29, 0.717) is 0 Å². The van der Waals surface area contributed by atoms with Gasteiger partial charge in [-0.3, -0.25) is 0 Å². The summed E-state index contributed by atoms with van der Waals surface area (Å²) < 4.78 is 0. The molecule has 0 aliphatic carbocycles. The van der Waals surface area contributed by atoms with Gasteiger partial charge >= 0.3 is 0 Å². The molecular formula is C10H21. The lowest BCUT2D eigenvalue weighted by atomic mass is 9.84. The molecule has 0 bridgehead atoms. The van der Waals surface area contributed by atoms with Gasteiger partial charge in [-0.05, 0) is 17.8 Å². The lowest BCUT2D eigenvalue weighted by Crippen LogP contribution is -2.12. The maximum Gasteiger partial charge on any atom is -0.0272 e. The van der Waals surface area contributed by atoms with Crippen LogP contribution in [0.4, 0.5) is 0 Å².